The van der Waals surface area contributed by atoms with Crippen LogP contribution in [0.1, 0.15) is 54.5 Å². The van der Waals surface area contributed by atoms with Gasteiger partial charge in [0.05, 0.1) is 0 Å². The van der Waals surface area contributed by atoms with Crippen LogP contribution >= 0.6 is 0 Å². The van der Waals surface area contributed by atoms with E-state index >= 15 is 0 Å². The average molecular weight is 368 g/mol. The maximum atomic E-state index is 11.1. The molecule has 3 rings (SSSR count). The molecule has 1 heterocycles. The summed E-state index contributed by atoms with van der Waals surface area (Å²) >= 11 is 0. The van der Waals surface area contributed by atoms with E-state index in [1.165, 1.54) is 31.2 Å². The zero-order chi connectivity index (χ0) is 19.1. The molecule has 0 bridgehead atoms. The van der Waals surface area contributed by atoms with Crippen molar-refractivity contribution in [2.75, 3.05) is 13.1 Å². The highest BCUT2D eigenvalue weighted by atomic mass is 16.3. The standard InChI is InChI=1S/C21H28N4O2/c1-2-23-20(24-14-17-10-11-18(27-17)19(22)26)25-15-21(12-6-7-13-21)16-8-4-3-5-9-16/h3-5,8-11H,2,6-7,12-15H2,1H3,(H2,22,26)(H2,23,24,25). The van der Waals surface area contributed by atoms with Crippen LogP contribution in [0.3, 0.4) is 0 Å². The zero-order valence-electron chi connectivity index (χ0n) is 15.8. The van der Waals surface area contributed by atoms with E-state index in [1.54, 1.807) is 12.1 Å². The number of carbonyl (C=O) groups excluding carboxylic acids is 1. The fraction of sp³-hybridized carbons (Fsp3) is 0.429. The second-order valence-corrected chi connectivity index (χ2v) is 7.03. The Bertz CT molecular complexity index is 776. The van der Waals surface area contributed by atoms with Crippen LogP contribution in [0.2, 0.25) is 0 Å². The molecule has 1 amide bonds. The molecule has 0 aliphatic heterocycles. The fourth-order valence-corrected chi connectivity index (χ4v) is 3.76. The summed E-state index contributed by atoms with van der Waals surface area (Å²) in [4.78, 5) is 15.7. The SMILES string of the molecule is CCNC(=NCc1ccc(C(N)=O)o1)NCC1(c2ccccc2)CCCC1. The van der Waals surface area contributed by atoms with Gasteiger partial charge < -0.3 is 20.8 Å². The van der Waals surface area contributed by atoms with E-state index in [9.17, 15) is 4.79 Å². The lowest BCUT2D eigenvalue weighted by Crippen LogP contribution is -2.44. The molecular formula is C21H28N4O2. The van der Waals surface area contributed by atoms with E-state index in [4.69, 9.17) is 10.2 Å². The predicted molar refractivity (Wildman–Crippen MR) is 107 cm³/mol. The molecule has 2 aromatic rings. The molecule has 1 aromatic heterocycles. The molecule has 6 heteroatoms. The number of primary amides is 1. The Balaban J connectivity index is 1.68. The summed E-state index contributed by atoms with van der Waals surface area (Å²) in [5.41, 5.74) is 6.77. The van der Waals surface area contributed by atoms with Crippen molar-refractivity contribution in [2.45, 2.75) is 44.6 Å². The number of nitrogens with zero attached hydrogens (tertiary/aromatic N) is 1. The summed E-state index contributed by atoms with van der Waals surface area (Å²) in [5, 5.41) is 6.79. The summed E-state index contributed by atoms with van der Waals surface area (Å²) in [7, 11) is 0. The largest absolute Gasteiger partial charge is 0.454 e. The Labute approximate surface area is 160 Å². The van der Waals surface area contributed by atoms with Crippen LogP contribution < -0.4 is 16.4 Å². The van der Waals surface area contributed by atoms with Crippen molar-refractivity contribution in [1.82, 2.24) is 10.6 Å². The minimum absolute atomic E-state index is 0.154. The van der Waals surface area contributed by atoms with Gasteiger partial charge in [0, 0.05) is 18.5 Å². The fourth-order valence-electron chi connectivity index (χ4n) is 3.76. The van der Waals surface area contributed by atoms with Gasteiger partial charge in [0.15, 0.2) is 11.7 Å². The number of nitrogens with one attached hydrogen (secondary N) is 2. The second kappa shape index (κ2) is 8.75. The Kier molecular flexibility index (Phi) is 6.16. The van der Waals surface area contributed by atoms with E-state index in [0.29, 0.717) is 12.3 Å². The minimum atomic E-state index is -0.568. The van der Waals surface area contributed by atoms with Gasteiger partial charge in [-0.25, -0.2) is 4.99 Å². The highest BCUT2D eigenvalue weighted by molar-refractivity contribution is 5.89. The molecule has 1 aromatic carbocycles. The zero-order valence-corrected chi connectivity index (χ0v) is 15.8. The van der Waals surface area contributed by atoms with Crippen molar-refractivity contribution in [3.63, 3.8) is 0 Å². The first-order chi connectivity index (χ1) is 13.1. The Morgan fingerprint density at radius 1 is 1.15 bits per heavy atom. The van der Waals surface area contributed by atoms with Crippen molar-refractivity contribution in [1.29, 1.82) is 0 Å². The van der Waals surface area contributed by atoms with Gasteiger partial charge in [-0.1, -0.05) is 43.2 Å². The number of benzene rings is 1. The molecule has 6 nitrogen and oxygen atoms in total. The van der Waals surface area contributed by atoms with Gasteiger partial charge in [-0.2, -0.15) is 0 Å². The van der Waals surface area contributed by atoms with Gasteiger partial charge in [0.25, 0.3) is 5.91 Å². The third-order valence-electron chi connectivity index (χ3n) is 5.18. The minimum Gasteiger partial charge on any atom is -0.454 e. The lowest BCUT2D eigenvalue weighted by molar-refractivity contribution is 0.0972. The van der Waals surface area contributed by atoms with Crippen LogP contribution in [0.25, 0.3) is 0 Å². The van der Waals surface area contributed by atoms with Crippen LogP contribution in [0.5, 0.6) is 0 Å². The van der Waals surface area contributed by atoms with Crippen molar-refractivity contribution in [3.8, 4) is 0 Å². The lowest BCUT2D eigenvalue weighted by Gasteiger charge is -2.30. The number of hydrogen-bond acceptors (Lipinski definition) is 3. The first kappa shape index (κ1) is 19.0. The van der Waals surface area contributed by atoms with Gasteiger partial charge in [-0.05, 0) is 37.5 Å². The van der Waals surface area contributed by atoms with E-state index in [0.717, 1.165) is 19.0 Å². The van der Waals surface area contributed by atoms with Crippen LogP contribution in [0.4, 0.5) is 0 Å². The van der Waals surface area contributed by atoms with E-state index in [2.05, 4.69) is 46.0 Å². The number of nitrogens with two attached hydrogens (primary N) is 1. The van der Waals surface area contributed by atoms with Crippen molar-refractivity contribution < 1.29 is 9.21 Å². The van der Waals surface area contributed by atoms with Gasteiger partial charge in [-0.3, -0.25) is 4.79 Å². The summed E-state index contributed by atoms with van der Waals surface area (Å²) < 4.78 is 5.40. The second-order valence-electron chi connectivity index (χ2n) is 7.03. The molecule has 0 atom stereocenters. The first-order valence-electron chi connectivity index (χ1n) is 9.59. The van der Waals surface area contributed by atoms with Crippen molar-refractivity contribution in [3.05, 3.63) is 59.5 Å². The third-order valence-corrected chi connectivity index (χ3v) is 5.18. The smallest absolute Gasteiger partial charge is 0.284 e. The normalized spacial score (nSPS) is 16.3. The molecule has 1 aliphatic carbocycles. The first-order valence-corrected chi connectivity index (χ1v) is 9.59. The quantitative estimate of drug-likeness (QED) is 0.517. The van der Waals surface area contributed by atoms with Crippen LogP contribution in [0, 0.1) is 0 Å². The monoisotopic (exact) mass is 368 g/mol. The molecule has 0 unspecified atom stereocenters. The molecule has 4 N–H and O–H groups in total. The molecule has 1 saturated carbocycles. The molecule has 27 heavy (non-hydrogen) atoms. The number of amides is 1. The number of aliphatic imine (C=N–C) groups is 1. The van der Waals surface area contributed by atoms with Crippen molar-refractivity contribution >= 4 is 11.9 Å². The van der Waals surface area contributed by atoms with Gasteiger partial charge in [0.1, 0.15) is 12.3 Å². The summed E-state index contributed by atoms with van der Waals surface area (Å²) in [6.07, 6.45) is 4.88. The van der Waals surface area contributed by atoms with Crippen LogP contribution in [-0.4, -0.2) is 25.0 Å². The van der Waals surface area contributed by atoms with E-state index < -0.39 is 5.91 Å². The maximum absolute atomic E-state index is 11.1. The van der Waals surface area contributed by atoms with Crippen molar-refractivity contribution in [2.24, 2.45) is 10.7 Å². The van der Waals surface area contributed by atoms with Crippen LogP contribution in [0.15, 0.2) is 51.9 Å². The maximum Gasteiger partial charge on any atom is 0.284 e. The highest BCUT2D eigenvalue weighted by Gasteiger charge is 2.35. The topological polar surface area (TPSA) is 92.6 Å². The van der Waals surface area contributed by atoms with Gasteiger partial charge in [0.2, 0.25) is 0 Å². The van der Waals surface area contributed by atoms with Crippen LogP contribution in [-0.2, 0) is 12.0 Å². The van der Waals surface area contributed by atoms with Gasteiger partial charge >= 0.3 is 0 Å². The lowest BCUT2D eigenvalue weighted by atomic mass is 9.79. The molecule has 0 spiro atoms. The number of rotatable bonds is 7. The average Bonchev–Trinajstić information content (AvgIpc) is 3.35. The molecule has 1 fully saturated rings. The molecule has 0 saturated heterocycles. The Hall–Kier alpha value is -2.76. The van der Waals surface area contributed by atoms with Gasteiger partial charge in [-0.15, -0.1) is 0 Å². The molecule has 1 aliphatic rings. The number of carbonyl (C=O) groups is 1. The highest BCUT2D eigenvalue weighted by Crippen LogP contribution is 2.40. The molecule has 0 radical (unpaired) electrons. The number of furan rings is 1. The predicted octanol–water partition coefficient (Wildman–Crippen LogP) is 2.95. The van der Waals surface area contributed by atoms with E-state index in [1.807, 2.05) is 6.92 Å². The molecular weight excluding hydrogens is 340 g/mol. The summed E-state index contributed by atoms with van der Waals surface area (Å²) in [5.74, 6) is 0.949. The Morgan fingerprint density at radius 2 is 1.89 bits per heavy atom. The number of guanidine groups is 1. The molecule has 144 valence electrons. The third kappa shape index (κ3) is 4.70. The summed E-state index contributed by atoms with van der Waals surface area (Å²) in [6.45, 7) is 4.00. The summed E-state index contributed by atoms with van der Waals surface area (Å²) in [6, 6.07) is 14.1. The van der Waals surface area contributed by atoms with E-state index in [-0.39, 0.29) is 11.2 Å². The number of hydrogen-bond donors (Lipinski definition) is 3. The Morgan fingerprint density at radius 3 is 2.52 bits per heavy atom.